The third kappa shape index (κ3) is 5.85. The Hall–Kier alpha value is -2.11. The maximum absolute atomic E-state index is 11.8. The molecular formula is C13H20N4O2. The molecular weight excluding hydrogens is 244 g/mol. The first-order valence-corrected chi connectivity index (χ1v) is 6.01. The van der Waals surface area contributed by atoms with Crippen molar-refractivity contribution in [2.24, 2.45) is 0 Å². The van der Waals surface area contributed by atoms with Crippen molar-refractivity contribution in [3.63, 3.8) is 0 Å². The van der Waals surface area contributed by atoms with Crippen LogP contribution in [0, 0.1) is 0 Å². The highest BCUT2D eigenvalue weighted by atomic mass is 16.2. The lowest BCUT2D eigenvalue weighted by Crippen LogP contribution is -2.47. The van der Waals surface area contributed by atoms with Crippen LogP contribution in [0.5, 0.6) is 0 Å². The third-order valence-electron chi connectivity index (χ3n) is 2.15. The van der Waals surface area contributed by atoms with Gasteiger partial charge in [-0.1, -0.05) is 0 Å². The van der Waals surface area contributed by atoms with Crippen LogP contribution in [0.2, 0.25) is 0 Å². The van der Waals surface area contributed by atoms with E-state index in [2.05, 4.69) is 15.6 Å². The molecule has 1 aromatic heterocycles. The van der Waals surface area contributed by atoms with Gasteiger partial charge in [0.25, 0.3) is 0 Å². The summed E-state index contributed by atoms with van der Waals surface area (Å²) in [6.07, 6.45) is 3.16. The van der Waals surface area contributed by atoms with Gasteiger partial charge in [-0.05, 0) is 32.9 Å². The van der Waals surface area contributed by atoms with Gasteiger partial charge in [0.1, 0.15) is 6.54 Å². The Bertz CT molecular complexity index is 440. The second-order valence-electron chi connectivity index (χ2n) is 5.33. The molecule has 0 radical (unpaired) electrons. The van der Waals surface area contributed by atoms with Crippen molar-refractivity contribution in [1.29, 1.82) is 0 Å². The van der Waals surface area contributed by atoms with E-state index in [-0.39, 0.29) is 24.0 Å². The number of likely N-dealkylation sites (N-methyl/N-ethyl adjacent to an activating group) is 1. The van der Waals surface area contributed by atoms with E-state index in [9.17, 15) is 9.59 Å². The van der Waals surface area contributed by atoms with Crippen molar-refractivity contribution in [2.75, 3.05) is 18.9 Å². The maximum Gasteiger partial charge on any atom is 0.322 e. The van der Waals surface area contributed by atoms with Gasteiger partial charge < -0.3 is 15.5 Å². The zero-order chi connectivity index (χ0) is 14.5. The van der Waals surface area contributed by atoms with Gasteiger partial charge in [0.15, 0.2) is 0 Å². The topological polar surface area (TPSA) is 74.3 Å². The molecule has 0 aliphatic carbocycles. The standard InChI is InChI=1S/C13H20N4O2/c1-13(2,3)16-11(18)9-17(4)12(19)15-10-6-5-7-14-8-10/h5-8H,9H2,1-4H3,(H,15,19)(H,16,18). The number of pyridine rings is 1. The van der Waals surface area contributed by atoms with E-state index in [4.69, 9.17) is 0 Å². The van der Waals surface area contributed by atoms with Crippen LogP contribution in [-0.2, 0) is 4.79 Å². The zero-order valence-corrected chi connectivity index (χ0v) is 11.7. The van der Waals surface area contributed by atoms with Gasteiger partial charge in [0.2, 0.25) is 5.91 Å². The number of aromatic nitrogens is 1. The van der Waals surface area contributed by atoms with Crippen LogP contribution in [0.4, 0.5) is 10.5 Å². The van der Waals surface area contributed by atoms with E-state index in [1.54, 1.807) is 31.6 Å². The van der Waals surface area contributed by atoms with Crippen LogP contribution >= 0.6 is 0 Å². The molecule has 0 fully saturated rings. The lowest BCUT2D eigenvalue weighted by molar-refractivity contribution is -0.122. The average molecular weight is 264 g/mol. The number of urea groups is 1. The fourth-order valence-electron chi connectivity index (χ4n) is 1.40. The Morgan fingerprint density at radius 3 is 2.58 bits per heavy atom. The molecule has 0 aliphatic rings. The summed E-state index contributed by atoms with van der Waals surface area (Å²) < 4.78 is 0. The first-order valence-electron chi connectivity index (χ1n) is 6.01. The van der Waals surface area contributed by atoms with Gasteiger partial charge in [-0.15, -0.1) is 0 Å². The monoisotopic (exact) mass is 264 g/mol. The molecule has 0 spiro atoms. The van der Waals surface area contributed by atoms with Crippen molar-refractivity contribution in [1.82, 2.24) is 15.2 Å². The minimum atomic E-state index is -0.350. The zero-order valence-electron chi connectivity index (χ0n) is 11.7. The predicted octanol–water partition coefficient (Wildman–Crippen LogP) is 1.46. The number of anilines is 1. The van der Waals surface area contributed by atoms with Crippen LogP contribution in [-0.4, -0.2) is 41.0 Å². The molecule has 104 valence electrons. The highest BCUT2D eigenvalue weighted by molar-refractivity contribution is 5.92. The fourth-order valence-corrected chi connectivity index (χ4v) is 1.40. The largest absolute Gasteiger partial charge is 0.350 e. The molecule has 1 aromatic rings. The van der Waals surface area contributed by atoms with E-state index in [1.807, 2.05) is 20.8 Å². The summed E-state index contributed by atoms with van der Waals surface area (Å²) in [6.45, 7) is 5.67. The van der Waals surface area contributed by atoms with E-state index in [0.29, 0.717) is 5.69 Å². The molecule has 6 nitrogen and oxygen atoms in total. The number of amides is 3. The average Bonchev–Trinajstić information content (AvgIpc) is 2.27. The van der Waals surface area contributed by atoms with E-state index >= 15 is 0 Å². The van der Waals surface area contributed by atoms with Crippen LogP contribution in [0.3, 0.4) is 0 Å². The number of rotatable bonds is 3. The molecule has 6 heteroatoms. The van der Waals surface area contributed by atoms with Crippen molar-refractivity contribution in [3.05, 3.63) is 24.5 Å². The number of carbonyl (C=O) groups excluding carboxylic acids is 2. The van der Waals surface area contributed by atoms with Crippen molar-refractivity contribution < 1.29 is 9.59 Å². The van der Waals surface area contributed by atoms with Gasteiger partial charge >= 0.3 is 6.03 Å². The van der Waals surface area contributed by atoms with Crippen LogP contribution in [0.25, 0.3) is 0 Å². The molecule has 3 amide bonds. The number of carbonyl (C=O) groups is 2. The first-order chi connectivity index (χ1) is 8.78. The van der Waals surface area contributed by atoms with Gasteiger partial charge in [-0.3, -0.25) is 9.78 Å². The molecule has 1 heterocycles. The minimum Gasteiger partial charge on any atom is -0.350 e. The lowest BCUT2D eigenvalue weighted by atomic mass is 10.1. The van der Waals surface area contributed by atoms with E-state index in [0.717, 1.165) is 0 Å². The number of hydrogen-bond acceptors (Lipinski definition) is 3. The first kappa shape index (κ1) is 14.9. The highest BCUT2D eigenvalue weighted by Gasteiger charge is 2.17. The van der Waals surface area contributed by atoms with Crippen LogP contribution < -0.4 is 10.6 Å². The second-order valence-corrected chi connectivity index (χ2v) is 5.33. The molecule has 0 saturated heterocycles. The number of hydrogen-bond donors (Lipinski definition) is 2. The summed E-state index contributed by atoms with van der Waals surface area (Å²) in [5.41, 5.74) is 0.285. The summed E-state index contributed by atoms with van der Waals surface area (Å²) in [5, 5.41) is 5.45. The summed E-state index contributed by atoms with van der Waals surface area (Å²) in [7, 11) is 1.56. The lowest BCUT2D eigenvalue weighted by Gasteiger charge is -2.23. The van der Waals surface area contributed by atoms with Gasteiger partial charge in [0.05, 0.1) is 11.9 Å². The van der Waals surface area contributed by atoms with E-state index in [1.165, 1.54) is 4.90 Å². The Morgan fingerprint density at radius 1 is 1.37 bits per heavy atom. The van der Waals surface area contributed by atoms with Gasteiger partial charge in [-0.2, -0.15) is 0 Å². The van der Waals surface area contributed by atoms with Crippen molar-refractivity contribution >= 4 is 17.6 Å². The molecule has 0 aromatic carbocycles. The quantitative estimate of drug-likeness (QED) is 0.868. The molecule has 19 heavy (non-hydrogen) atoms. The van der Waals surface area contributed by atoms with Gasteiger partial charge in [-0.25, -0.2) is 4.79 Å². The van der Waals surface area contributed by atoms with Gasteiger partial charge in [0, 0.05) is 18.8 Å². The smallest absolute Gasteiger partial charge is 0.322 e. The Balaban J connectivity index is 2.47. The predicted molar refractivity (Wildman–Crippen MR) is 73.8 cm³/mol. The maximum atomic E-state index is 11.8. The molecule has 2 N–H and O–H groups in total. The number of nitrogens with one attached hydrogen (secondary N) is 2. The second kappa shape index (κ2) is 6.17. The summed E-state index contributed by atoms with van der Waals surface area (Å²) >= 11 is 0. The Labute approximate surface area is 113 Å². The molecule has 1 rings (SSSR count). The van der Waals surface area contributed by atoms with Crippen LogP contribution in [0.1, 0.15) is 20.8 Å². The van der Waals surface area contributed by atoms with Crippen molar-refractivity contribution in [2.45, 2.75) is 26.3 Å². The van der Waals surface area contributed by atoms with Crippen molar-refractivity contribution in [3.8, 4) is 0 Å². The molecule has 0 bridgehead atoms. The fraction of sp³-hybridized carbons (Fsp3) is 0.462. The molecule has 0 atom stereocenters. The minimum absolute atomic E-state index is 0.00334. The normalized spacial score (nSPS) is 10.7. The molecule has 0 aliphatic heterocycles. The summed E-state index contributed by atoms with van der Waals surface area (Å²) in [6, 6.07) is 3.10. The SMILES string of the molecule is CN(CC(=O)NC(C)(C)C)C(=O)Nc1cccnc1. The number of nitrogens with zero attached hydrogens (tertiary/aromatic N) is 2. The highest BCUT2D eigenvalue weighted by Crippen LogP contribution is 2.04. The van der Waals surface area contributed by atoms with Crippen LogP contribution in [0.15, 0.2) is 24.5 Å². The third-order valence-corrected chi connectivity index (χ3v) is 2.15. The Morgan fingerprint density at radius 2 is 2.05 bits per heavy atom. The molecule has 0 saturated carbocycles. The van der Waals surface area contributed by atoms with E-state index < -0.39 is 0 Å². The molecule has 0 unspecified atom stereocenters. The summed E-state index contributed by atoms with van der Waals surface area (Å²) in [4.78, 5) is 28.7. The Kier molecular flexibility index (Phi) is 4.86. The summed E-state index contributed by atoms with van der Waals surface area (Å²) in [5.74, 6) is -0.198.